The maximum Gasteiger partial charge on any atom is 0.238 e. The molecule has 2 rings (SSSR count). The Kier molecular flexibility index (Phi) is 5.34. The molecule has 0 bridgehead atoms. The van der Waals surface area contributed by atoms with Crippen LogP contribution in [-0.2, 0) is 10.2 Å². The SMILES string of the molecule is C=CC(C)(C)C1(CCNC)C(=O)N(CC=C(C)C)c2ccccc21. The molecule has 1 aromatic rings. The summed E-state index contributed by atoms with van der Waals surface area (Å²) in [6.07, 6.45) is 4.80. The molecule has 0 fully saturated rings. The Morgan fingerprint density at radius 3 is 2.58 bits per heavy atom. The number of anilines is 1. The summed E-state index contributed by atoms with van der Waals surface area (Å²) in [5.41, 5.74) is 2.46. The van der Waals surface area contributed by atoms with Gasteiger partial charge in [0.2, 0.25) is 5.91 Å². The summed E-state index contributed by atoms with van der Waals surface area (Å²) >= 11 is 0. The number of nitrogens with one attached hydrogen (secondary N) is 1. The lowest BCUT2D eigenvalue weighted by Crippen LogP contribution is -2.50. The van der Waals surface area contributed by atoms with Crippen molar-refractivity contribution in [2.75, 3.05) is 25.0 Å². The van der Waals surface area contributed by atoms with Crippen molar-refractivity contribution in [2.45, 2.75) is 39.5 Å². The zero-order valence-electron chi connectivity index (χ0n) is 15.6. The third kappa shape index (κ3) is 2.82. The molecule has 1 atom stereocenters. The summed E-state index contributed by atoms with van der Waals surface area (Å²) in [6, 6.07) is 8.21. The third-order valence-electron chi connectivity index (χ3n) is 5.31. The summed E-state index contributed by atoms with van der Waals surface area (Å²) in [5, 5.41) is 3.22. The van der Waals surface area contributed by atoms with Crippen LogP contribution in [0.3, 0.4) is 0 Å². The fourth-order valence-electron chi connectivity index (χ4n) is 3.65. The molecular weight excluding hydrogens is 296 g/mol. The van der Waals surface area contributed by atoms with Gasteiger partial charge in [-0.25, -0.2) is 0 Å². The Labute approximate surface area is 146 Å². The number of hydrogen-bond donors (Lipinski definition) is 1. The molecule has 1 aliphatic heterocycles. The molecule has 1 unspecified atom stereocenters. The van der Waals surface area contributed by atoms with E-state index in [1.54, 1.807) is 0 Å². The van der Waals surface area contributed by atoms with Crippen molar-refractivity contribution in [3.8, 4) is 0 Å². The lowest BCUT2D eigenvalue weighted by molar-refractivity contribution is -0.126. The first kappa shape index (κ1) is 18.5. The van der Waals surface area contributed by atoms with Crippen LogP contribution >= 0.6 is 0 Å². The number of amides is 1. The fourth-order valence-corrected chi connectivity index (χ4v) is 3.65. The summed E-state index contributed by atoms with van der Waals surface area (Å²) in [7, 11) is 1.93. The van der Waals surface area contributed by atoms with Gasteiger partial charge in [-0.05, 0) is 45.5 Å². The lowest BCUT2D eigenvalue weighted by atomic mass is 9.60. The minimum Gasteiger partial charge on any atom is -0.320 e. The molecule has 1 amide bonds. The van der Waals surface area contributed by atoms with Crippen molar-refractivity contribution in [1.29, 1.82) is 0 Å². The van der Waals surface area contributed by atoms with Crippen LogP contribution in [0.5, 0.6) is 0 Å². The molecule has 0 aliphatic carbocycles. The van der Waals surface area contributed by atoms with Gasteiger partial charge in [0.05, 0.1) is 5.41 Å². The predicted octanol–water partition coefficient (Wildman–Crippen LogP) is 4.06. The molecule has 0 radical (unpaired) electrons. The van der Waals surface area contributed by atoms with E-state index in [2.05, 4.69) is 57.8 Å². The van der Waals surface area contributed by atoms with E-state index in [-0.39, 0.29) is 11.3 Å². The van der Waals surface area contributed by atoms with Crippen LogP contribution in [0.15, 0.2) is 48.6 Å². The van der Waals surface area contributed by atoms with Crippen molar-refractivity contribution >= 4 is 11.6 Å². The molecule has 0 aromatic heterocycles. The minimum absolute atomic E-state index is 0.182. The first-order chi connectivity index (χ1) is 11.3. The van der Waals surface area contributed by atoms with Gasteiger partial charge in [-0.3, -0.25) is 4.79 Å². The molecule has 3 nitrogen and oxygen atoms in total. The average Bonchev–Trinajstić information content (AvgIpc) is 2.80. The number of carbonyl (C=O) groups is 1. The van der Waals surface area contributed by atoms with E-state index >= 15 is 0 Å². The number of nitrogens with zero attached hydrogens (tertiary/aromatic N) is 1. The van der Waals surface area contributed by atoms with Gasteiger partial charge in [0, 0.05) is 17.6 Å². The molecule has 1 N–H and O–H groups in total. The number of para-hydroxylation sites is 1. The highest BCUT2D eigenvalue weighted by atomic mass is 16.2. The lowest BCUT2D eigenvalue weighted by Gasteiger charge is -2.41. The highest BCUT2D eigenvalue weighted by Crippen LogP contribution is 2.54. The Morgan fingerprint density at radius 2 is 2.00 bits per heavy atom. The van der Waals surface area contributed by atoms with Crippen LogP contribution in [0.4, 0.5) is 5.69 Å². The van der Waals surface area contributed by atoms with Crippen molar-refractivity contribution in [3.05, 3.63) is 54.1 Å². The molecule has 3 heteroatoms. The van der Waals surface area contributed by atoms with Gasteiger partial charge in [0.25, 0.3) is 0 Å². The molecule has 0 spiro atoms. The second-order valence-corrected chi connectivity index (χ2v) is 7.40. The van der Waals surface area contributed by atoms with E-state index in [1.165, 1.54) is 5.57 Å². The summed E-state index contributed by atoms with van der Waals surface area (Å²) < 4.78 is 0. The van der Waals surface area contributed by atoms with Crippen LogP contribution < -0.4 is 10.2 Å². The van der Waals surface area contributed by atoms with Gasteiger partial charge in [-0.2, -0.15) is 0 Å². The molecule has 0 saturated carbocycles. The van der Waals surface area contributed by atoms with Crippen LogP contribution in [0, 0.1) is 5.41 Å². The number of benzene rings is 1. The number of fused-ring (bicyclic) bond motifs is 1. The third-order valence-corrected chi connectivity index (χ3v) is 5.31. The summed E-state index contributed by atoms with van der Waals surface area (Å²) in [4.78, 5) is 15.6. The molecule has 1 aromatic carbocycles. The van der Waals surface area contributed by atoms with E-state index < -0.39 is 5.41 Å². The normalized spacial score (nSPS) is 20.0. The van der Waals surface area contributed by atoms with E-state index in [9.17, 15) is 4.79 Å². The van der Waals surface area contributed by atoms with Gasteiger partial charge in [-0.15, -0.1) is 6.58 Å². The minimum atomic E-state index is -0.580. The molecule has 130 valence electrons. The van der Waals surface area contributed by atoms with Crippen molar-refractivity contribution in [3.63, 3.8) is 0 Å². The Balaban J connectivity index is 2.64. The van der Waals surface area contributed by atoms with Crippen LogP contribution in [0.1, 0.15) is 39.7 Å². The maximum absolute atomic E-state index is 13.6. The zero-order valence-corrected chi connectivity index (χ0v) is 15.6. The van der Waals surface area contributed by atoms with E-state index in [4.69, 9.17) is 0 Å². The van der Waals surface area contributed by atoms with Gasteiger partial charge in [-0.1, -0.05) is 49.8 Å². The Morgan fingerprint density at radius 1 is 1.33 bits per heavy atom. The van der Waals surface area contributed by atoms with Gasteiger partial charge < -0.3 is 10.2 Å². The molecular formula is C21H30N2O. The van der Waals surface area contributed by atoms with Crippen molar-refractivity contribution < 1.29 is 4.79 Å². The first-order valence-corrected chi connectivity index (χ1v) is 8.65. The summed E-state index contributed by atoms with van der Waals surface area (Å²) in [5.74, 6) is 0.182. The molecule has 1 aliphatic rings. The first-order valence-electron chi connectivity index (χ1n) is 8.65. The van der Waals surface area contributed by atoms with Gasteiger partial charge in [0.1, 0.15) is 0 Å². The fraction of sp³-hybridized carbons (Fsp3) is 0.476. The smallest absolute Gasteiger partial charge is 0.238 e. The van der Waals surface area contributed by atoms with Crippen molar-refractivity contribution in [1.82, 2.24) is 5.32 Å². The molecule has 24 heavy (non-hydrogen) atoms. The highest BCUT2D eigenvalue weighted by Gasteiger charge is 2.57. The zero-order chi connectivity index (χ0) is 18.0. The van der Waals surface area contributed by atoms with Gasteiger partial charge in [0.15, 0.2) is 0 Å². The number of hydrogen-bond acceptors (Lipinski definition) is 2. The molecule has 1 heterocycles. The summed E-state index contributed by atoms with van der Waals surface area (Å²) in [6.45, 7) is 13.8. The predicted molar refractivity (Wildman–Crippen MR) is 102 cm³/mol. The maximum atomic E-state index is 13.6. The average molecular weight is 326 g/mol. The largest absolute Gasteiger partial charge is 0.320 e. The number of rotatable bonds is 7. The Hall–Kier alpha value is -1.87. The van der Waals surface area contributed by atoms with Gasteiger partial charge >= 0.3 is 0 Å². The highest BCUT2D eigenvalue weighted by molar-refractivity contribution is 6.09. The monoisotopic (exact) mass is 326 g/mol. The Bertz CT molecular complexity index is 656. The van der Waals surface area contributed by atoms with E-state index in [1.807, 2.05) is 30.2 Å². The van der Waals surface area contributed by atoms with Crippen LogP contribution in [0.25, 0.3) is 0 Å². The van der Waals surface area contributed by atoms with E-state index in [0.717, 1.165) is 24.2 Å². The number of carbonyl (C=O) groups excluding carboxylic acids is 1. The second kappa shape index (κ2) is 6.94. The quantitative estimate of drug-likeness (QED) is 0.766. The standard InChI is InChI=1S/C21H30N2O/c1-7-20(4,5)21(13-14-22-6)17-10-8-9-11-18(17)23(19(21)24)15-12-16(2)3/h7-12,22H,1,13-15H2,2-6H3. The van der Waals surface area contributed by atoms with Crippen molar-refractivity contribution in [2.24, 2.45) is 5.41 Å². The van der Waals surface area contributed by atoms with Crippen LogP contribution in [0.2, 0.25) is 0 Å². The van der Waals surface area contributed by atoms with Crippen LogP contribution in [-0.4, -0.2) is 26.0 Å². The second-order valence-electron chi connectivity index (χ2n) is 7.40. The molecule has 0 saturated heterocycles. The van der Waals surface area contributed by atoms with E-state index in [0.29, 0.717) is 6.54 Å². The topological polar surface area (TPSA) is 32.3 Å². The number of allylic oxidation sites excluding steroid dienone is 2.